The minimum atomic E-state index is -1.14. The summed E-state index contributed by atoms with van der Waals surface area (Å²) in [5.74, 6) is 0.396. The second-order valence-electron chi connectivity index (χ2n) is 4.89. The summed E-state index contributed by atoms with van der Waals surface area (Å²) in [5.41, 5.74) is 5.41. The molecule has 1 aromatic carbocycles. The standard InChI is InChI=1S/C14H20N2O3S/c1-19-12-7-8-16(14(15)17)11(9-12)10-20(18)13-5-3-2-4-6-13/h2-6,11-12H,7-10H2,1H3,(H2,15,17)/t11-,12?,20?/m1/s1. The van der Waals surface area contributed by atoms with E-state index in [2.05, 4.69) is 0 Å². The fraction of sp³-hybridized carbons (Fsp3) is 0.500. The molecule has 1 saturated heterocycles. The molecule has 1 aromatic rings. The summed E-state index contributed by atoms with van der Waals surface area (Å²) < 4.78 is 17.7. The molecule has 2 N–H and O–H groups in total. The molecule has 0 spiro atoms. The van der Waals surface area contributed by atoms with Gasteiger partial charge in [0, 0.05) is 30.3 Å². The van der Waals surface area contributed by atoms with E-state index in [1.165, 1.54) is 0 Å². The first-order chi connectivity index (χ1) is 9.61. The number of hydrogen-bond donors (Lipinski definition) is 1. The Balaban J connectivity index is 2.07. The predicted octanol–water partition coefficient (Wildman–Crippen LogP) is 1.35. The van der Waals surface area contributed by atoms with Crippen molar-refractivity contribution in [1.82, 2.24) is 4.90 Å². The van der Waals surface area contributed by atoms with E-state index in [-0.39, 0.29) is 12.1 Å². The van der Waals surface area contributed by atoms with Gasteiger partial charge in [0.05, 0.1) is 16.9 Å². The van der Waals surface area contributed by atoms with Crippen LogP contribution in [-0.2, 0) is 15.5 Å². The highest BCUT2D eigenvalue weighted by molar-refractivity contribution is 7.85. The molecule has 3 atom stereocenters. The molecule has 5 nitrogen and oxygen atoms in total. The predicted molar refractivity (Wildman–Crippen MR) is 77.8 cm³/mol. The van der Waals surface area contributed by atoms with Crippen LogP contribution >= 0.6 is 0 Å². The maximum Gasteiger partial charge on any atom is 0.315 e. The third-order valence-electron chi connectivity index (χ3n) is 3.63. The van der Waals surface area contributed by atoms with Gasteiger partial charge in [0.1, 0.15) is 0 Å². The summed E-state index contributed by atoms with van der Waals surface area (Å²) in [5, 5.41) is 0. The van der Waals surface area contributed by atoms with Crippen molar-refractivity contribution in [1.29, 1.82) is 0 Å². The van der Waals surface area contributed by atoms with Crippen molar-refractivity contribution in [3.05, 3.63) is 30.3 Å². The number of ether oxygens (including phenoxy) is 1. The number of carbonyl (C=O) groups is 1. The minimum Gasteiger partial charge on any atom is -0.381 e. The zero-order chi connectivity index (χ0) is 14.5. The molecule has 0 bridgehead atoms. The minimum absolute atomic E-state index is 0.100. The Kier molecular flexibility index (Phi) is 5.14. The third kappa shape index (κ3) is 3.58. The molecule has 1 aliphatic heterocycles. The number of piperidine rings is 1. The molecule has 20 heavy (non-hydrogen) atoms. The monoisotopic (exact) mass is 296 g/mol. The van der Waals surface area contributed by atoms with Crippen molar-refractivity contribution in [3.8, 4) is 0 Å². The Bertz CT molecular complexity index is 481. The number of methoxy groups -OCH3 is 1. The van der Waals surface area contributed by atoms with Gasteiger partial charge < -0.3 is 15.4 Å². The van der Waals surface area contributed by atoms with E-state index in [9.17, 15) is 9.00 Å². The highest BCUT2D eigenvalue weighted by Crippen LogP contribution is 2.21. The number of hydrogen-bond acceptors (Lipinski definition) is 3. The van der Waals surface area contributed by atoms with E-state index in [4.69, 9.17) is 10.5 Å². The summed E-state index contributed by atoms with van der Waals surface area (Å²) >= 11 is 0. The number of nitrogens with two attached hydrogens (primary N) is 1. The van der Waals surface area contributed by atoms with Crippen molar-refractivity contribution in [3.63, 3.8) is 0 Å². The zero-order valence-corrected chi connectivity index (χ0v) is 12.3. The number of urea groups is 1. The van der Waals surface area contributed by atoms with Crippen LogP contribution in [0, 0.1) is 0 Å². The van der Waals surface area contributed by atoms with E-state index in [0.717, 1.165) is 11.3 Å². The highest BCUT2D eigenvalue weighted by Gasteiger charge is 2.31. The summed E-state index contributed by atoms with van der Waals surface area (Å²) in [7, 11) is 0.522. The van der Waals surface area contributed by atoms with Gasteiger partial charge in [-0.1, -0.05) is 18.2 Å². The topological polar surface area (TPSA) is 72.6 Å². The Labute approximate surface area is 121 Å². The number of rotatable bonds is 4. The molecule has 0 radical (unpaired) electrons. The highest BCUT2D eigenvalue weighted by atomic mass is 32.2. The number of primary amides is 1. The van der Waals surface area contributed by atoms with Crippen LogP contribution in [0.5, 0.6) is 0 Å². The van der Waals surface area contributed by atoms with Crippen LogP contribution < -0.4 is 5.73 Å². The number of likely N-dealkylation sites (tertiary alicyclic amines) is 1. The molecule has 1 fully saturated rings. The number of nitrogens with zero attached hydrogens (tertiary/aromatic N) is 1. The fourth-order valence-corrected chi connectivity index (χ4v) is 3.84. The fourth-order valence-electron chi connectivity index (χ4n) is 2.52. The molecular formula is C14H20N2O3S. The maximum absolute atomic E-state index is 12.4. The quantitative estimate of drug-likeness (QED) is 0.911. The maximum atomic E-state index is 12.4. The van der Waals surface area contributed by atoms with Gasteiger partial charge in [-0.15, -0.1) is 0 Å². The number of amides is 2. The van der Waals surface area contributed by atoms with Crippen molar-refractivity contribution in [2.75, 3.05) is 19.4 Å². The molecule has 110 valence electrons. The van der Waals surface area contributed by atoms with Gasteiger partial charge in [-0.2, -0.15) is 0 Å². The molecule has 1 aliphatic rings. The van der Waals surface area contributed by atoms with E-state index in [0.29, 0.717) is 18.7 Å². The van der Waals surface area contributed by atoms with E-state index < -0.39 is 16.8 Å². The smallest absolute Gasteiger partial charge is 0.315 e. The molecule has 0 saturated carbocycles. The third-order valence-corrected chi connectivity index (χ3v) is 5.12. The average molecular weight is 296 g/mol. The molecular weight excluding hydrogens is 276 g/mol. The zero-order valence-electron chi connectivity index (χ0n) is 11.5. The van der Waals surface area contributed by atoms with Crippen LogP contribution in [0.4, 0.5) is 4.79 Å². The Morgan fingerprint density at radius 3 is 2.75 bits per heavy atom. The van der Waals surface area contributed by atoms with Gasteiger partial charge in [0.15, 0.2) is 0 Å². The molecule has 0 aromatic heterocycles. The molecule has 2 rings (SSSR count). The molecule has 2 unspecified atom stereocenters. The van der Waals surface area contributed by atoms with Gasteiger partial charge in [-0.3, -0.25) is 4.21 Å². The lowest BCUT2D eigenvalue weighted by atomic mass is 10.0. The van der Waals surface area contributed by atoms with Crippen LogP contribution in [0.1, 0.15) is 12.8 Å². The van der Waals surface area contributed by atoms with E-state index in [1.807, 2.05) is 30.3 Å². The van der Waals surface area contributed by atoms with Gasteiger partial charge in [0.25, 0.3) is 0 Å². The first kappa shape index (κ1) is 15.0. The number of carbonyl (C=O) groups excluding carboxylic acids is 1. The Hall–Kier alpha value is -1.40. The van der Waals surface area contributed by atoms with Crippen molar-refractivity contribution >= 4 is 16.8 Å². The Morgan fingerprint density at radius 2 is 2.15 bits per heavy atom. The summed E-state index contributed by atoms with van der Waals surface area (Å²) in [6.45, 7) is 0.560. The normalized spacial score (nSPS) is 24.4. The van der Waals surface area contributed by atoms with Crippen molar-refractivity contribution < 1.29 is 13.7 Å². The SMILES string of the molecule is COC1CCN(C(N)=O)[C@@H](CS(=O)c2ccccc2)C1. The van der Waals surface area contributed by atoms with Gasteiger partial charge in [0.2, 0.25) is 0 Å². The average Bonchev–Trinajstić information content (AvgIpc) is 2.47. The lowest BCUT2D eigenvalue weighted by Crippen LogP contribution is -2.52. The first-order valence-corrected chi connectivity index (χ1v) is 7.96. The van der Waals surface area contributed by atoms with E-state index >= 15 is 0 Å². The van der Waals surface area contributed by atoms with E-state index in [1.54, 1.807) is 12.0 Å². The van der Waals surface area contributed by atoms with Crippen LogP contribution in [0.15, 0.2) is 35.2 Å². The largest absolute Gasteiger partial charge is 0.381 e. The van der Waals surface area contributed by atoms with Gasteiger partial charge >= 0.3 is 6.03 Å². The van der Waals surface area contributed by atoms with Crippen LogP contribution in [0.2, 0.25) is 0 Å². The lowest BCUT2D eigenvalue weighted by Gasteiger charge is -2.37. The van der Waals surface area contributed by atoms with Gasteiger partial charge in [-0.25, -0.2) is 4.79 Å². The summed E-state index contributed by atoms with van der Waals surface area (Å²) in [6, 6.07) is 8.69. The van der Waals surface area contributed by atoms with Crippen LogP contribution in [-0.4, -0.2) is 46.7 Å². The molecule has 2 amide bonds. The van der Waals surface area contributed by atoms with Crippen LogP contribution in [0.3, 0.4) is 0 Å². The summed E-state index contributed by atoms with van der Waals surface area (Å²) in [6.07, 6.45) is 1.55. The second kappa shape index (κ2) is 6.85. The van der Waals surface area contributed by atoms with Crippen LogP contribution in [0.25, 0.3) is 0 Å². The van der Waals surface area contributed by atoms with Crippen molar-refractivity contribution in [2.24, 2.45) is 5.73 Å². The van der Waals surface area contributed by atoms with Crippen molar-refractivity contribution in [2.45, 2.75) is 29.9 Å². The lowest BCUT2D eigenvalue weighted by molar-refractivity contribution is 0.0317. The van der Waals surface area contributed by atoms with Gasteiger partial charge in [-0.05, 0) is 25.0 Å². The second-order valence-corrected chi connectivity index (χ2v) is 6.39. The molecule has 6 heteroatoms. The number of benzene rings is 1. The Morgan fingerprint density at radius 1 is 1.45 bits per heavy atom. The summed E-state index contributed by atoms with van der Waals surface area (Å²) in [4.78, 5) is 13.9. The molecule has 1 heterocycles. The first-order valence-electron chi connectivity index (χ1n) is 6.64. The molecule has 0 aliphatic carbocycles.